The number of para-hydroxylation sites is 1. The lowest BCUT2D eigenvalue weighted by Crippen LogP contribution is -2.04. The Morgan fingerprint density at radius 3 is 2.82 bits per heavy atom. The number of rotatable bonds is 1. The summed E-state index contributed by atoms with van der Waals surface area (Å²) < 4.78 is 5.52. The molecule has 0 aliphatic carbocycles. The van der Waals surface area contributed by atoms with Crippen LogP contribution in [-0.2, 0) is 0 Å². The second-order valence-electron chi connectivity index (χ2n) is 2.60. The van der Waals surface area contributed by atoms with E-state index < -0.39 is 0 Å². The highest BCUT2D eigenvalue weighted by atomic mass is 16.3. The van der Waals surface area contributed by atoms with Crippen LogP contribution in [0.4, 0.5) is 0 Å². The highest BCUT2D eigenvalue weighted by Crippen LogP contribution is 2.11. The van der Waals surface area contributed by atoms with Gasteiger partial charge in [0.2, 0.25) is 7.28 Å². The fourth-order valence-corrected chi connectivity index (χ4v) is 1.21. The average Bonchev–Trinajstić information content (AvgIpc) is 2.46. The predicted molar refractivity (Wildman–Crippen MR) is 48.9 cm³/mol. The normalized spacial score (nSPS) is 10.3. The second-order valence-corrected chi connectivity index (χ2v) is 2.60. The summed E-state index contributed by atoms with van der Waals surface area (Å²) in [7, 11) is 0.967. The summed E-state index contributed by atoms with van der Waals surface area (Å²) in [6.07, 6.45) is 0. The van der Waals surface area contributed by atoms with Gasteiger partial charge in [0, 0.05) is 5.39 Å². The van der Waals surface area contributed by atoms with Gasteiger partial charge in [-0.1, -0.05) is 25.0 Å². The van der Waals surface area contributed by atoms with Gasteiger partial charge in [-0.25, -0.2) is 0 Å². The van der Waals surface area contributed by atoms with Gasteiger partial charge in [-0.05, 0) is 12.1 Å². The summed E-state index contributed by atoms with van der Waals surface area (Å²) in [6.45, 7) is 2.09. The van der Waals surface area contributed by atoms with Crippen molar-refractivity contribution in [3.05, 3.63) is 30.3 Å². The van der Waals surface area contributed by atoms with Crippen LogP contribution in [0.2, 0.25) is 6.82 Å². The van der Waals surface area contributed by atoms with E-state index in [0.29, 0.717) is 0 Å². The second kappa shape index (κ2) is 2.46. The maximum atomic E-state index is 5.52. The highest BCUT2D eigenvalue weighted by molar-refractivity contribution is 6.50. The van der Waals surface area contributed by atoms with Gasteiger partial charge in [-0.15, -0.1) is 0 Å². The Morgan fingerprint density at radius 1 is 1.27 bits per heavy atom. The Labute approximate surface area is 66.3 Å². The first kappa shape index (κ1) is 6.53. The van der Waals surface area contributed by atoms with Crippen molar-refractivity contribution in [1.29, 1.82) is 0 Å². The largest absolute Gasteiger partial charge is 0.472 e. The molecule has 0 radical (unpaired) electrons. The molecule has 1 aromatic carbocycles. The number of fused-ring (bicyclic) bond motifs is 1. The first-order valence-corrected chi connectivity index (χ1v) is 3.87. The highest BCUT2D eigenvalue weighted by Gasteiger charge is 1.99. The van der Waals surface area contributed by atoms with E-state index >= 15 is 0 Å². The Kier molecular flexibility index (Phi) is 1.46. The summed E-state index contributed by atoms with van der Waals surface area (Å²) in [4.78, 5) is 0. The lowest BCUT2D eigenvalue weighted by Gasteiger charge is -1.83. The van der Waals surface area contributed by atoms with Gasteiger partial charge in [0.15, 0.2) is 0 Å². The zero-order valence-corrected chi connectivity index (χ0v) is 6.50. The Balaban J connectivity index is 2.69. The quantitative estimate of drug-likeness (QED) is 0.553. The molecule has 0 spiro atoms. The van der Waals surface area contributed by atoms with Crippen LogP contribution in [-0.4, -0.2) is 7.28 Å². The van der Waals surface area contributed by atoms with Crippen molar-refractivity contribution in [3.8, 4) is 0 Å². The lowest BCUT2D eigenvalue weighted by molar-refractivity contribution is 0.652. The van der Waals surface area contributed by atoms with Crippen LogP contribution in [0.5, 0.6) is 0 Å². The van der Waals surface area contributed by atoms with Crippen LogP contribution in [0.3, 0.4) is 0 Å². The molecule has 0 bridgehead atoms. The summed E-state index contributed by atoms with van der Waals surface area (Å²) in [5.41, 5.74) is 2.05. The molecule has 0 amide bonds. The van der Waals surface area contributed by atoms with Crippen LogP contribution in [0.25, 0.3) is 11.0 Å². The zero-order valence-electron chi connectivity index (χ0n) is 6.50. The van der Waals surface area contributed by atoms with E-state index in [1.165, 1.54) is 5.39 Å². The van der Waals surface area contributed by atoms with Crippen LogP contribution in [0.1, 0.15) is 0 Å². The molecule has 0 saturated carbocycles. The maximum absolute atomic E-state index is 5.52. The van der Waals surface area contributed by atoms with Crippen molar-refractivity contribution in [2.24, 2.45) is 0 Å². The number of hydrogen-bond acceptors (Lipinski definition) is 1. The molecular weight excluding hydrogens is 135 g/mol. The first-order valence-electron chi connectivity index (χ1n) is 3.87. The molecule has 0 unspecified atom stereocenters. The molecule has 54 valence electrons. The number of furan rings is 1. The van der Waals surface area contributed by atoms with Gasteiger partial charge < -0.3 is 4.42 Å². The van der Waals surface area contributed by atoms with Crippen molar-refractivity contribution in [3.63, 3.8) is 0 Å². The van der Waals surface area contributed by atoms with Gasteiger partial charge in [0.05, 0.1) is 5.66 Å². The number of benzene rings is 1. The van der Waals surface area contributed by atoms with Gasteiger partial charge in [0.1, 0.15) is 5.58 Å². The summed E-state index contributed by atoms with van der Waals surface area (Å²) in [5, 5.41) is 1.20. The van der Waals surface area contributed by atoms with Crippen molar-refractivity contribution in [1.82, 2.24) is 0 Å². The Bertz CT molecular complexity index is 331. The van der Waals surface area contributed by atoms with Gasteiger partial charge in [0.25, 0.3) is 0 Å². The molecule has 0 atom stereocenters. The minimum absolute atomic E-state index is 0.967. The van der Waals surface area contributed by atoms with Crippen molar-refractivity contribution < 1.29 is 4.42 Å². The van der Waals surface area contributed by atoms with Crippen LogP contribution in [0.15, 0.2) is 34.7 Å². The summed E-state index contributed by atoms with van der Waals surface area (Å²) in [5.74, 6) is 0. The standard InChI is InChI=1S/C9H9BO/c1-10-9-6-7-4-2-3-5-8(7)11-9/h2-6,10H,1H3. The predicted octanol–water partition coefficient (Wildman–Crippen LogP) is 1.54. The molecule has 1 nitrogen and oxygen atoms in total. The molecule has 0 aliphatic rings. The Morgan fingerprint density at radius 2 is 2.09 bits per heavy atom. The van der Waals surface area contributed by atoms with Crippen LogP contribution in [0, 0.1) is 0 Å². The molecule has 0 N–H and O–H groups in total. The smallest absolute Gasteiger partial charge is 0.201 e. The van der Waals surface area contributed by atoms with Crippen LogP contribution >= 0.6 is 0 Å². The SMILES string of the molecule is CBc1cc2ccccc2o1. The molecule has 0 fully saturated rings. The third-order valence-corrected chi connectivity index (χ3v) is 1.83. The van der Waals surface area contributed by atoms with Crippen LogP contribution < -0.4 is 5.66 Å². The molecule has 1 aromatic heterocycles. The first-order chi connectivity index (χ1) is 5.40. The van der Waals surface area contributed by atoms with E-state index in [2.05, 4.69) is 19.0 Å². The third kappa shape index (κ3) is 1.05. The lowest BCUT2D eigenvalue weighted by atomic mass is 9.79. The van der Waals surface area contributed by atoms with Gasteiger partial charge in [-0.2, -0.15) is 0 Å². The van der Waals surface area contributed by atoms with Crippen molar-refractivity contribution in [2.45, 2.75) is 6.82 Å². The molecule has 2 rings (SSSR count). The zero-order chi connectivity index (χ0) is 7.68. The van der Waals surface area contributed by atoms with Gasteiger partial charge >= 0.3 is 0 Å². The molecule has 0 aliphatic heterocycles. The minimum atomic E-state index is 0.967. The van der Waals surface area contributed by atoms with E-state index in [-0.39, 0.29) is 0 Å². The molecular formula is C9H9BO. The number of hydrogen-bond donors (Lipinski definition) is 0. The van der Waals surface area contributed by atoms with E-state index in [4.69, 9.17) is 4.42 Å². The van der Waals surface area contributed by atoms with E-state index in [1.54, 1.807) is 0 Å². The topological polar surface area (TPSA) is 13.1 Å². The Hall–Kier alpha value is -1.18. The fourth-order valence-electron chi connectivity index (χ4n) is 1.21. The summed E-state index contributed by atoms with van der Waals surface area (Å²) in [6, 6.07) is 10.2. The average molecular weight is 144 g/mol. The van der Waals surface area contributed by atoms with Gasteiger partial charge in [-0.3, -0.25) is 0 Å². The molecule has 2 heteroatoms. The molecule has 11 heavy (non-hydrogen) atoms. The molecule has 1 heterocycles. The minimum Gasteiger partial charge on any atom is -0.472 e. The van der Waals surface area contributed by atoms with E-state index in [0.717, 1.165) is 18.5 Å². The molecule has 2 aromatic rings. The third-order valence-electron chi connectivity index (χ3n) is 1.83. The fraction of sp³-hybridized carbons (Fsp3) is 0.111. The van der Waals surface area contributed by atoms with E-state index in [9.17, 15) is 0 Å². The molecule has 0 saturated heterocycles. The van der Waals surface area contributed by atoms with Crippen molar-refractivity contribution >= 4 is 23.9 Å². The van der Waals surface area contributed by atoms with Crippen molar-refractivity contribution in [2.75, 3.05) is 0 Å². The van der Waals surface area contributed by atoms with E-state index in [1.807, 2.05) is 18.2 Å². The summed E-state index contributed by atoms with van der Waals surface area (Å²) >= 11 is 0. The monoisotopic (exact) mass is 144 g/mol. The maximum Gasteiger partial charge on any atom is 0.201 e.